The molecule has 2 aromatic carbocycles. The minimum atomic E-state index is -0.843. The Balaban J connectivity index is 1.93. The molecule has 1 aliphatic rings. The zero-order chi connectivity index (χ0) is 32.1. The summed E-state index contributed by atoms with van der Waals surface area (Å²) in [5.74, 6) is 0.582. The molecular weight excluding hydrogens is 584 g/mol. The van der Waals surface area contributed by atoms with Crippen LogP contribution in [0.4, 0.5) is 0 Å². The maximum Gasteiger partial charge on any atom is 0.343 e. The Bertz CT molecular complexity index is 1780. The summed E-state index contributed by atoms with van der Waals surface area (Å²) in [5, 5.41) is 0. The van der Waals surface area contributed by atoms with E-state index < -0.39 is 18.0 Å². The van der Waals surface area contributed by atoms with Crippen LogP contribution in [0.25, 0.3) is 6.08 Å². The number of benzene rings is 2. The maximum absolute atomic E-state index is 14.2. The number of carbonyl (C=O) groups excluding carboxylic acids is 2. The van der Waals surface area contributed by atoms with Crippen molar-refractivity contribution in [1.29, 1.82) is 0 Å². The fraction of sp³-hybridized carbons (Fsp3) is 0.394. The monoisotopic (exact) mass is 622 g/mol. The molecule has 0 N–H and O–H groups in total. The van der Waals surface area contributed by atoms with Crippen LogP contribution in [0.1, 0.15) is 68.8 Å². The average molecular weight is 623 g/mol. The first-order valence-electron chi connectivity index (χ1n) is 14.4. The molecule has 11 heteroatoms. The van der Waals surface area contributed by atoms with Gasteiger partial charge in [0.15, 0.2) is 22.9 Å². The molecule has 0 amide bonds. The summed E-state index contributed by atoms with van der Waals surface area (Å²) in [5.41, 5.74) is 3.88. The number of hydrogen-bond acceptors (Lipinski definition) is 10. The molecule has 2 heterocycles. The molecule has 0 aliphatic carbocycles. The molecule has 234 valence electrons. The number of ether oxygens (including phenoxy) is 5. The van der Waals surface area contributed by atoms with E-state index in [1.54, 1.807) is 39.2 Å². The molecule has 44 heavy (non-hydrogen) atoms. The van der Waals surface area contributed by atoms with Crippen LogP contribution < -0.4 is 29.1 Å². The first-order valence-corrected chi connectivity index (χ1v) is 15.2. The first-order chi connectivity index (χ1) is 21.0. The summed E-state index contributed by atoms with van der Waals surface area (Å²) in [6.07, 6.45) is 1.86. The lowest BCUT2D eigenvalue weighted by atomic mass is 9.95. The highest BCUT2D eigenvalue weighted by Gasteiger charge is 2.34. The molecule has 1 aromatic heterocycles. The van der Waals surface area contributed by atoms with Crippen LogP contribution >= 0.6 is 11.3 Å². The van der Waals surface area contributed by atoms with Crippen molar-refractivity contribution in [3.05, 3.63) is 83.5 Å². The van der Waals surface area contributed by atoms with Gasteiger partial charge in [0, 0.05) is 0 Å². The first kappa shape index (κ1) is 32.5. The quantitative estimate of drug-likeness (QED) is 0.293. The molecule has 10 nitrogen and oxygen atoms in total. The summed E-state index contributed by atoms with van der Waals surface area (Å²) in [6.45, 7) is 11.6. The molecule has 1 aliphatic heterocycles. The normalized spacial score (nSPS) is 14.7. The van der Waals surface area contributed by atoms with Crippen LogP contribution in [0.15, 0.2) is 51.4 Å². The maximum atomic E-state index is 14.2. The number of allylic oxidation sites excluding steroid dienone is 1. The van der Waals surface area contributed by atoms with Crippen LogP contribution in [0, 0.1) is 6.92 Å². The lowest BCUT2D eigenvalue weighted by Gasteiger charge is -2.25. The van der Waals surface area contributed by atoms with Gasteiger partial charge in [-0.25, -0.2) is 14.6 Å². The summed E-state index contributed by atoms with van der Waals surface area (Å²) < 4.78 is 29.2. The Morgan fingerprint density at radius 1 is 1.02 bits per heavy atom. The van der Waals surface area contributed by atoms with Gasteiger partial charge >= 0.3 is 11.9 Å². The van der Waals surface area contributed by atoms with E-state index in [-0.39, 0.29) is 30.3 Å². The second-order valence-corrected chi connectivity index (χ2v) is 11.4. The molecule has 0 bridgehead atoms. The van der Waals surface area contributed by atoms with Gasteiger partial charge in [0.05, 0.1) is 49.3 Å². The third kappa shape index (κ3) is 6.57. The van der Waals surface area contributed by atoms with E-state index in [1.165, 1.54) is 23.0 Å². The summed E-state index contributed by atoms with van der Waals surface area (Å²) in [6, 6.07) is 8.26. The lowest BCUT2D eigenvalue weighted by Crippen LogP contribution is -2.40. The van der Waals surface area contributed by atoms with Crippen molar-refractivity contribution in [2.75, 3.05) is 34.0 Å². The number of nitrogens with zero attached hydrogens (tertiary/aromatic N) is 2. The van der Waals surface area contributed by atoms with Crippen molar-refractivity contribution in [1.82, 2.24) is 4.57 Å². The van der Waals surface area contributed by atoms with E-state index in [4.69, 9.17) is 18.9 Å². The van der Waals surface area contributed by atoms with Gasteiger partial charge in [-0.3, -0.25) is 9.36 Å². The van der Waals surface area contributed by atoms with E-state index in [0.717, 1.165) is 22.4 Å². The second-order valence-electron chi connectivity index (χ2n) is 10.4. The molecule has 3 aromatic rings. The Kier molecular flexibility index (Phi) is 10.3. The van der Waals surface area contributed by atoms with Gasteiger partial charge in [0.2, 0.25) is 0 Å². The van der Waals surface area contributed by atoms with E-state index >= 15 is 0 Å². The molecular formula is C33H38N2O8S. The zero-order valence-corrected chi connectivity index (χ0v) is 27.1. The molecule has 4 rings (SSSR count). The number of hydrogen-bond donors (Lipinski definition) is 0. The van der Waals surface area contributed by atoms with Crippen LogP contribution in [0.2, 0.25) is 0 Å². The minimum absolute atomic E-state index is 0.159. The number of aromatic nitrogens is 1. The average Bonchev–Trinajstić information content (AvgIpc) is 3.30. The smallest absolute Gasteiger partial charge is 0.343 e. The second kappa shape index (κ2) is 13.9. The van der Waals surface area contributed by atoms with Crippen molar-refractivity contribution in [3.8, 4) is 17.2 Å². The van der Waals surface area contributed by atoms with Gasteiger partial charge in [0.1, 0.15) is 5.75 Å². The van der Waals surface area contributed by atoms with Gasteiger partial charge in [-0.15, -0.1) is 0 Å². The number of aryl methyl sites for hydroxylation is 1. The molecule has 1 atom stereocenters. The Morgan fingerprint density at radius 3 is 2.41 bits per heavy atom. The Hall–Kier alpha value is -4.38. The molecule has 0 fully saturated rings. The van der Waals surface area contributed by atoms with Gasteiger partial charge in [0.25, 0.3) is 5.56 Å². The highest BCUT2D eigenvalue weighted by atomic mass is 32.1. The molecule has 0 saturated carbocycles. The Morgan fingerprint density at radius 2 is 1.77 bits per heavy atom. The van der Waals surface area contributed by atoms with Gasteiger partial charge in [-0.1, -0.05) is 31.3 Å². The Labute approximate surface area is 260 Å². The molecule has 0 unspecified atom stereocenters. The van der Waals surface area contributed by atoms with Crippen LogP contribution in [0.5, 0.6) is 17.2 Å². The largest absolute Gasteiger partial charge is 0.496 e. The van der Waals surface area contributed by atoms with E-state index in [9.17, 15) is 14.4 Å². The number of rotatable bonds is 11. The number of esters is 2. The third-order valence-electron chi connectivity index (χ3n) is 7.20. The van der Waals surface area contributed by atoms with Crippen molar-refractivity contribution in [2.24, 2.45) is 4.99 Å². The predicted octanol–water partition coefficient (Wildman–Crippen LogP) is 4.19. The number of fused-ring (bicyclic) bond motifs is 1. The van der Waals surface area contributed by atoms with Crippen LogP contribution in [-0.2, 0) is 19.1 Å². The van der Waals surface area contributed by atoms with Crippen LogP contribution in [0.3, 0.4) is 0 Å². The van der Waals surface area contributed by atoms with Crippen molar-refractivity contribution in [2.45, 2.75) is 53.5 Å². The number of thiazole rings is 1. The molecule has 0 saturated heterocycles. The summed E-state index contributed by atoms with van der Waals surface area (Å²) >= 11 is 1.25. The zero-order valence-electron chi connectivity index (χ0n) is 26.3. The minimum Gasteiger partial charge on any atom is -0.496 e. The van der Waals surface area contributed by atoms with Gasteiger partial charge < -0.3 is 23.7 Å². The topological polar surface area (TPSA) is 115 Å². The van der Waals surface area contributed by atoms with E-state index in [2.05, 4.69) is 23.6 Å². The molecule has 0 spiro atoms. The summed E-state index contributed by atoms with van der Waals surface area (Å²) in [4.78, 5) is 44.3. The molecule has 0 radical (unpaired) electrons. The number of methoxy groups -OCH3 is 2. The van der Waals surface area contributed by atoms with E-state index in [0.29, 0.717) is 38.7 Å². The fourth-order valence-corrected chi connectivity index (χ4v) is 6.06. The van der Waals surface area contributed by atoms with E-state index in [1.807, 2.05) is 32.1 Å². The predicted molar refractivity (Wildman–Crippen MR) is 167 cm³/mol. The van der Waals surface area contributed by atoms with Crippen molar-refractivity contribution >= 4 is 29.4 Å². The van der Waals surface area contributed by atoms with Crippen molar-refractivity contribution < 1.29 is 33.3 Å². The lowest BCUT2D eigenvalue weighted by molar-refractivity contribution is -0.143. The third-order valence-corrected chi connectivity index (χ3v) is 8.18. The van der Waals surface area contributed by atoms with Gasteiger partial charge in [-0.05, 0) is 86.2 Å². The summed E-state index contributed by atoms with van der Waals surface area (Å²) in [7, 11) is 2.93. The van der Waals surface area contributed by atoms with Crippen LogP contribution in [-0.4, -0.2) is 50.5 Å². The van der Waals surface area contributed by atoms with Crippen molar-refractivity contribution in [3.63, 3.8) is 0 Å². The standard InChI is InChI=1S/C33H38N2O8S/c1-9-41-26-15-21(11-12-24(26)43-17-28(36)40-8)30-29(32(38)42-10-2)20(6)34-33-35(30)31(37)27(44-33)16-22-14-23(18(3)4)25(39-7)13-19(22)5/h11-16,18,30H,9-10,17H2,1-8H3/b27-16-/t30-/m1/s1. The fourth-order valence-electron chi connectivity index (χ4n) is 5.03. The SMILES string of the molecule is CCOC(=O)C1=C(C)N=c2s/c(=C\c3cc(C(C)C)c(OC)cc3C)c(=O)n2[C@@H]1c1ccc(OCC(=O)OC)c(OCC)c1. The highest BCUT2D eigenvalue weighted by molar-refractivity contribution is 7.07. The highest BCUT2D eigenvalue weighted by Crippen LogP contribution is 2.36. The number of carbonyl (C=O) groups is 2. The van der Waals surface area contributed by atoms with Gasteiger partial charge in [-0.2, -0.15) is 0 Å².